The van der Waals surface area contributed by atoms with Crippen LogP contribution in [-0.4, -0.2) is 11.7 Å². The van der Waals surface area contributed by atoms with Gasteiger partial charge < -0.3 is 5.32 Å². The number of carbonyl (C=O) groups is 1. The molecule has 0 saturated carbocycles. The van der Waals surface area contributed by atoms with Crippen molar-refractivity contribution in [3.05, 3.63) is 65.2 Å². The lowest BCUT2D eigenvalue weighted by Crippen LogP contribution is -2.28. The van der Waals surface area contributed by atoms with Crippen molar-refractivity contribution in [2.45, 2.75) is 17.9 Å². The van der Waals surface area contributed by atoms with Gasteiger partial charge >= 0.3 is 0 Å². The standard InChI is InChI=1S/C16H16ClNOS/c1-12(13-6-3-2-4-7-13)18-16(19)11-20-15-9-5-8-14(17)10-15/h2-10,12H,11H2,1H3,(H,18,19)/t12-/m0/s1. The predicted molar refractivity (Wildman–Crippen MR) is 85.2 cm³/mol. The zero-order valence-electron chi connectivity index (χ0n) is 11.2. The van der Waals surface area contributed by atoms with E-state index >= 15 is 0 Å². The minimum absolute atomic E-state index is 0.0173. The molecule has 2 nitrogen and oxygen atoms in total. The van der Waals surface area contributed by atoms with Gasteiger partial charge in [-0.2, -0.15) is 0 Å². The summed E-state index contributed by atoms with van der Waals surface area (Å²) in [7, 11) is 0. The van der Waals surface area contributed by atoms with E-state index in [4.69, 9.17) is 11.6 Å². The van der Waals surface area contributed by atoms with Crippen molar-refractivity contribution in [1.82, 2.24) is 5.32 Å². The summed E-state index contributed by atoms with van der Waals surface area (Å²) < 4.78 is 0. The summed E-state index contributed by atoms with van der Waals surface area (Å²) in [6, 6.07) is 17.5. The van der Waals surface area contributed by atoms with E-state index in [2.05, 4.69) is 5.32 Å². The molecule has 2 rings (SSSR count). The van der Waals surface area contributed by atoms with E-state index in [-0.39, 0.29) is 11.9 Å². The lowest BCUT2D eigenvalue weighted by atomic mass is 10.1. The molecule has 1 amide bonds. The Morgan fingerprint density at radius 1 is 1.20 bits per heavy atom. The number of thioether (sulfide) groups is 1. The van der Waals surface area contributed by atoms with Crippen LogP contribution < -0.4 is 5.32 Å². The Labute approximate surface area is 128 Å². The van der Waals surface area contributed by atoms with Crippen LogP contribution in [0.4, 0.5) is 0 Å². The van der Waals surface area contributed by atoms with E-state index in [9.17, 15) is 4.79 Å². The Bertz CT molecular complexity index is 574. The van der Waals surface area contributed by atoms with Gasteiger partial charge in [0.1, 0.15) is 0 Å². The number of amides is 1. The Morgan fingerprint density at radius 3 is 2.65 bits per heavy atom. The van der Waals surface area contributed by atoms with Crippen molar-refractivity contribution in [1.29, 1.82) is 0 Å². The molecule has 1 N–H and O–H groups in total. The van der Waals surface area contributed by atoms with Gasteiger partial charge in [-0.3, -0.25) is 4.79 Å². The first-order valence-corrected chi connectivity index (χ1v) is 7.74. The number of nitrogens with one attached hydrogen (secondary N) is 1. The summed E-state index contributed by atoms with van der Waals surface area (Å²) in [4.78, 5) is 12.9. The summed E-state index contributed by atoms with van der Waals surface area (Å²) in [6.45, 7) is 1.98. The molecule has 0 unspecified atom stereocenters. The minimum Gasteiger partial charge on any atom is -0.349 e. The second-order valence-electron chi connectivity index (χ2n) is 4.45. The molecule has 0 aliphatic carbocycles. The lowest BCUT2D eigenvalue weighted by molar-refractivity contribution is -0.119. The third-order valence-electron chi connectivity index (χ3n) is 2.84. The van der Waals surface area contributed by atoms with Crippen molar-refractivity contribution < 1.29 is 4.79 Å². The molecular weight excluding hydrogens is 290 g/mol. The number of carbonyl (C=O) groups excluding carboxylic acids is 1. The second-order valence-corrected chi connectivity index (χ2v) is 5.93. The molecule has 104 valence electrons. The van der Waals surface area contributed by atoms with Gasteiger partial charge in [0.25, 0.3) is 0 Å². The van der Waals surface area contributed by atoms with E-state index in [1.54, 1.807) is 0 Å². The van der Waals surface area contributed by atoms with Crippen LogP contribution in [-0.2, 0) is 4.79 Å². The van der Waals surface area contributed by atoms with Crippen molar-refractivity contribution in [2.75, 3.05) is 5.75 Å². The molecule has 0 bridgehead atoms. The Morgan fingerprint density at radius 2 is 1.95 bits per heavy atom. The molecule has 2 aromatic carbocycles. The van der Waals surface area contributed by atoms with Gasteiger partial charge in [-0.1, -0.05) is 48.0 Å². The van der Waals surface area contributed by atoms with Gasteiger partial charge in [-0.15, -0.1) is 11.8 Å². The van der Waals surface area contributed by atoms with Crippen LogP contribution in [0.25, 0.3) is 0 Å². The molecule has 0 fully saturated rings. The number of hydrogen-bond acceptors (Lipinski definition) is 2. The Hall–Kier alpha value is -1.45. The third kappa shape index (κ3) is 4.58. The molecule has 0 spiro atoms. The number of rotatable bonds is 5. The fourth-order valence-electron chi connectivity index (χ4n) is 1.81. The fraction of sp³-hybridized carbons (Fsp3) is 0.188. The van der Waals surface area contributed by atoms with Crippen LogP contribution in [0.5, 0.6) is 0 Å². The third-order valence-corrected chi connectivity index (χ3v) is 4.07. The summed E-state index contributed by atoms with van der Waals surface area (Å²) >= 11 is 7.39. The van der Waals surface area contributed by atoms with E-state index in [1.165, 1.54) is 11.8 Å². The van der Waals surface area contributed by atoms with Crippen molar-refractivity contribution >= 4 is 29.3 Å². The summed E-state index contributed by atoms with van der Waals surface area (Å²) in [5.74, 6) is 0.406. The van der Waals surface area contributed by atoms with Crippen LogP contribution in [0.1, 0.15) is 18.5 Å². The van der Waals surface area contributed by atoms with E-state index in [1.807, 2.05) is 61.5 Å². The smallest absolute Gasteiger partial charge is 0.230 e. The van der Waals surface area contributed by atoms with Crippen LogP contribution in [0.3, 0.4) is 0 Å². The first-order chi connectivity index (χ1) is 9.65. The highest BCUT2D eigenvalue weighted by atomic mass is 35.5. The maximum atomic E-state index is 11.9. The van der Waals surface area contributed by atoms with Gasteiger partial charge in [0, 0.05) is 9.92 Å². The predicted octanol–water partition coefficient (Wildman–Crippen LogP) is 4.31. The largest absolute Gasteiger partial charge is 0.349 e. The monoisotopic (exact) mass is 305 g/mol. The zero-order valence-corrected chi connectivity index (χ0v) is 12.7. The number of benzene rings is 2. The SMILES string of the molecule is C[C@H](NC(=O)CSc1cccc(Cl)c1)c1ccccc1. The van der Waals surface area contributed by atoms with Crippen LogP contribution in [0.2, 0.25) is 5.02 Å². The molecule has 0 heterocycles. The van der Waals surface area contributed by atoms with Crippen LogP contribution in [0.15, 0.2) is 59.5 Å². The van der Waals surface area contributed by atoms with Crippen molar-refractivity contribution in [3.8, 4) is 0 Å². The summed E-state index contributed by atoms with van der Waals surface area (Å²) in [6.07, 6.45) is 0. The topological polar surface area (TPSA) is 29.1 Å². The average molecular weight is 306 g/mol. The van der Waals surface area contributed by atoms with E-state index < -0.39 is 0 Å². The van der Waals surface area contributed by atoms with Gasteiger partial charge in [-0.25, -0.2) is 0 Å². The summed E-state index contributed by atoms with van der Waals surface area (Å²) in [5.41, 5.74) is 1.11. The van der Waals surface area contributed by atoms with E-state index in [0.717, 1.165) is 10.5 Å². The number of halogens is 1. The maximum absolute atomic E-state index is 11.9. The normalized spacial score (nSPS) is 11.9. The molecule has 20 heavy (non-hydrogen) atoms. The van der Waals surface area contributed by atoms with Gasteiger partial charge in [0.05, 0.1) is 11.8 Å². The number of hydrogen-bond donors (Lipinski definition) is 1. The average Bonchev–Trinajstić information content (AvgIpc) is 2.46. The molecule has 2 aromatic rings. The van der Waals surface area contributed by atoms with Crippen LogP contribution >= 0.6 is 23.4 Å². The minimum atomic E-state index is 0.0173. The molecule has 0 aliphatic rings. The first-order valence-electron chi connectivity index (χ1n) is 6.38. The molecule has 0 saturated heterocycles. The lowest BCUT2D eigenvalue weighted by Gasteiger charge is -2.14. The van der Waals surface area contributed by atoms with Gasteiger partial charge in [0.15, 0.2) is 0 Å². The zero-order chi connectivity index (χ0) is 14.4. The Balaban J connectivity index is 1.84. The molecular formula is C16H16ClNOS. The molecule has 0 aliphatic heterocycles. The quantitative estimate of drug-likeness (QED) is 0.834. The molecule has 1 atom stereocenters. The van der Waals surface area contributed by atoms with E-state index in [0.29, 0.717) is 10.8 Å². The van der Waals surface area contributed by atoms with Crippen LogP contribution in [0, 0.1) is 0 Å². The second kappa shape index (κ2) is 7.36. The van der Waals surface area contributed by atoms with Gasteiger partial charge in [-0.05, 0) is 30.7 Å². The molecule has 0 radical (unpaired) electrons. The Kier molecular flexibility index (Phi) is 5.50. The highest BCUT2D eigenvalue weighted by molar-refractivity contribution is 8.00. The summed E-state index contributed by atoms with van der Waals surface area (Å²) in [5, 5.41) is 3.68. The molecule has 0 aromatic heterocycles. The highest BCUT2D eigenvalue weighted by Gasteiger charge is 2.09. The molecule has 4 heteroatoms. The maximum Gasteiger partial charge on any atom is 0.230 e. The fourth-order valence-corrected chi connectivity index (χ4v) is 2.84. The first kappa shape index (κ1) is 14.9. The highest BCUT2D eigenvalue weighted by Crippen LogP contribution is 2.21. The van der Waals surface area contributed by atoms with Crippen molar-refractivity contribution in [2.24, 2.45) is 0 Å². The van der Waals surface area contributed by atoms with Gasteiger partial charge in [0.2, 0.25) is 5.91 Å². The van der Waals surface area contributed by atoms with Crippen molar-refractivity contribution in [3.63, 3.8) is 0 Å².